The molecule has 0 saturated heterocycles. The summed E-state index contributed by atoms with van der Waals surface area (Å²) in [4.78, 5) is 0.378. The summed E-state index contributed by atoms with van der Waals surface area (Å²) in [6.07, 6.45) is 4.62. The Balaban J connectivity index is 2.29. The predicted octanol–water partition coefficient (Wildman–Crippen LogP) is 2.99. The van der Waals surface area contributed by atoms with Crippen LogP contribution in [0.15, 0.2) is 4.90 Å². The molecule has 7 heteroatoms. The van der Waals surface area contributed by atoms with Crippen molar-refractivity contribution >= 4 is 31.9 Å². The van der Waals surface area contributed by atoms with Crippen LogP contribution in [0.25, 0.3) is 0 Å². The van der Waals surface area contributed by atoms with Crippen molar-refractivity contribution in [3.63, 3.8) is 0 Å². The lowest BCUT2D eigenvalue weighted by atomic mass is 10.0. The van der Waals surface area contributed by atoms with E-state index in [1.54, 1.807) is 6.92 Å². The van der Waals surface area contributed by atoms with Crippen molar-refractivity contribution in [3.8, 4) is 6.07 Å². The number of nitriles is 1. The normalized spacial score (nSPS) is 16.4. The van der Waals surface area contributed by atoms with Crippen LogP contribution in [0.2, 0.25) is 0 Å². The van der Waals surface area contributed by atoms with E-state index in [0.717, 1.165) is 30.7 Å². The highest BCUT2D eigenvalue weighted by molar-refractivity contribution is 7.91. The van der Waals surface area contributed by atoms with E-state index in [1.165, 1.54) is 12.8 Å². The Morgan fingerprint density at radius 1 is 1.43 bits per heavy atom. The van der Waals surface area contributed by atoms with Crippen LogP contribution in [0.1, 0.15) is 44.4 Å². The summed E-state index contributed by atoms with van der Waals surface area (Å²) in [5, 5.41) is 12.8. The third kappa shape index (κ3) is 3.16. The van der Waals surface area contributed by atoms with E-state index in [2.05, 4.69) is 12.2 Å². The van der Waals surface area contributed by atoms with Crippen LogP contribution in [0.5, 0.6) is 0 Å². The summed E-state index contributed by atoms with van der Waals surface area (Å²) in [7, 11) is -3.44. The Bertz CT molecular complexity index is 667. The average molecular weight is 327 g/mol. The van der Waals surface area contributed by atoms with E-state index in [-0.39, 0.29) is 21.2 Å². The predicted molar refractivity (Wildman–Crippen MR) is 86.2 cm³/mol. The summed E-state index contributed by atoms with van der Waals surface area (Å²) in [5.74, 6) is -0.0203. The van der Waals surface area contributed by atoms with Crippen molar-refractivity contribution in [1.29, 1.82) is 5.26 Å². The molecule has 116 valence electrons. The molecule has 1 aromatic heterocycles. The summed E-state index contributed by atoms with van der Waals surface area (Å²) < 4.78 is 24.4. The molecular weight excluding hydrogens is 306 g/mol. The van der Waals surface area contributed by atoms with Crippen molar-refractivity contribution in [2.45, 2.75) is 44.4 Å². The Hall–Kier alpha value is -1.26. The molecule has 0 spiro atoms. The first-order valence-electron chi connectivity index (χ1n) is 7.18. The minimum Gasteiger partial charge on any atom is -0.396 e. The summed E-state index contributed by atoms with van der Waals surface area (Å²) in [5.41, 5.74) is 6.25. The van der Waals surface area contributed by atoms with Crippen LogP contribution < -0.4 is 11.1 Å². The first-order valence-corrected chi connectivity index (χ1v) is 9.65. The summed E-state index contributed by atoms with van der Waals surface area (Å²) in [6.45, 7) is 4.49. The number of nitrogens with one attached hydrogen (secondary N) is 1. The minimum absolute atomic E-state index is 0.0203. The van der Waals surface area contributed by atoms with Gasteiger partial charge in [0.05, 0.1) is 11.4 Å². The van der Waals surface area contributed by atoms with Crippen molar-refractivity contribution in [3.05, 3.63) is 4.88 Å². The Labute approximate surface area is 130 Å². The lowest BCUT2D eigenvalue weighted by molar-refractivity contribution is 0.485. The fraction of sp³-hybridized carbons (Fsp3) is 0.643. The maximum Gasteiger partial charge on any atom is 0.183 e. The Morgan fingerprint density at radius 2 is 2.10 bits per heavy atom. The van der Waals surface area contributed by atoms with Gasteiger partial charge in [-0.3, -0.25) is 0 Å². The number of rotatable bonds is 7. The maximum absolute atomic E-state index is 12.2. The SMILES string of the molecule is CCCC1(CNc2sc(C#N)c(N)c2S(=O)(=O)CC)CC1. The molecule has 1 aliphatic rings. The van der Waals surface area contributed by atoms with E-state index in [9.17, 15) is 8.42 Å². The molecule has 2 rings (SSSR count). The van der Waals surface area contributed by atoms with Gasteiger partial charge >= 0.3 is 0 Å². The second kappa shape index (κ2) is 5.85. The van der Waals surface area contributed by atoms with Gasteiger partial charge in [0.2, 0.25) is 0 Å². The highest BCUT2D eigenvalue weighted by atomic mass is 32.2. The molecule has 1 heterocycles. The largest absolute Gasteiger partial charge is 0.396 e. The van der Waals surface area contributed by atoms with Gasteiger partial charge in [-0.2, -0.15) is 5.26 Å². The van der Waals surface area contributed by atoms with E-state index >= 15 is 0 Å². The zero-order valence-electron chi connectivity index (χ0n) is 12.4. The molecule has 0 unspecified atom stereocenters. The van der Waals surface area contributed by atoms with E-state index in [0.29, 0.717) is 10.4 Å². The molecule has 1 saturated carbocycles. The molecule has 0 bridgehead atoms. The average Bonchev–Trinajstić information content (AvgIpc) is 3.13. The highest BCUT2D eigenvalue weighted by Crippen LogP contribution is 2.50. The van der Waals surface area contributed by atoms with Crippen LogP contribution in [-0.4, -0.2) is 20.7 Å². The van der Waals surface area contributed by atoms with Gasteiger partial charge in [0.25, 0.3) is 0 Å². The van der Waals surface area contributed by atoms with E-state index in [4.69, 9.17) is 11.0 Å². The van der Waals surface area contributed by atoms with Crippen molar-refractivity contribution in [1.82, 2.24) is 0 Å². The van der Waals surface area contributed by atoms with Gasteiger partial charge in [-0.1, -0.05) is 20.3 Å². The zero-order chi connectivity index (χ0) is 15.7. The van der Waals surface area contributed by atoms with Gasteiger partial charge in [-0.15, -0.1) is 11.3 Å². The third-order valence-electron chi connectivity index (χ3n) is 4.05. The van der Waals surface area contributed by atoms with Gasteiger partial charge in [0, 0.05) is 6.54 Å². The smallest absolute Gasteiger partial charge is 0.183 e. The van der Waals surface area contributed by atoms with Gasteiger partial charge in [-0.25, -0.2) is 8.42 Å². The number of thiophene rings is 1. The van der Waals surface area contributed by atoms with Crippen LogP contribution in [0.3, 0.4) is 0 Å². The summed E-state index contributed by atoms with van der Waals surface area (Å²) >= 11 is 1.14. The topological polar surface area (TPSA) is 96.0 Å². The van der Waals surface area contributed by atoms with Crippen LogP contribution in [0, 0.1) is 16.7 Å². The first kappa shape index (κ1) is 16.1. The molecule has 3 N–H and O–H groups in total. The van der Waals surface area contributed by atoms with E-state index in [1.807, 2.05) is 6.07 Å². The lowest BCUT2D eigenvalue weighted by Crippen LogP contribution is -2.16. The van der Waals surface area contributed by atoms with Crippen LogP contribution in [-0.2, 0) is 9.84 Å². The molecule has 0 aromatic carbocycles. The number of anilines is 2. The van der Waals surface area contributed by atoms with Crippen molar-refractivity contribution < 1.29 is 8.42 Å². The quantitative estimate of drug-likeness (QED) is 0.802. The monoisotopic (exact) mass is 327 g/mol. The van der Waals surface area contributed by atoms with Gasteiger partial charge in [0.1, 0.15) is 20.8 Å². The molecule has 0 amide bonds. The number of hydrogen-bond donors (Lipinski definition) is 2. The molecule has 21 heavy (non-hydrogen) atoms. The number of nitrogen functional groups attached to an aromatic ring is 1. The fourth-order valence-electron chi connectivity index (χ4n) is 2.57. The number of sulfone groups is 1. The molecule has 0 radical (unpaired) electrons. The number of nitrogens with zero attached hydrogens (tertiary/aromatic N) is 1. The molecule has 1 fully saturated rings. The molecule has 1 aliphatic carbocycles. The minimum atomic E-state index is -3.44. The lowest BCUT2D eigenvalue weighted by Gasteiger charge is -2.16. The standard InChI is InChI=1S/C14H21N3O2S2/c1-3-5-14(6-7-14)9-17-13-12(21(18,19)4-2)11(16)10(8-15)20-13/h17H,3-7,9,16H2,1-2H3. The molecule has 5 nitrogen and oxygen atoms in total. The fourth-order valence-corrected chi connectivity index (χ4v) is 5.03. The molecule has 1 aromatic rings. The second-order valence-electron chi connectivity index (χ2n) is 5.62. The number of hydrogen-bond acceptors (Lipinski definition) is 6. The van der Waals surface area contributed by atoms with E-state index < -0.39 is 9.84 Å². The molecular formula is C14H21N3O2S2. The highest BCUT2D eigenvalue weighted by Gasteiger charge is 2.41. The van der Waals surface area contributed by atoms with Gasteiger partial charge in [0.15, 0.2) is 9.84 Å². The Kier molecular flexibility index (Phi) is 4.49. The molecule has 0 aliphatic heterocycles. The van der Waals surface area contributed by atoms with Crippen LogP contribution in [0.4, 0.5) is 10.7 Å². The van der Waals surface area contributed by atoms with Gasteiger partial charge < -0.3 is 11.1 Å². The zero-order valence-corrected chi connectivity index (χ0v) is 14.0. The maximum atomic E-state index is 12.2. The second-order valence-corrected chi connectivity index (χ2v) is 8.86. The van der Waals surface area contributed by atoms with Crippen LogP contribution >= 0.6 is 11.3 Å². The number of nitrogens with two attached hydrogens (primary N) is 1. The Morgan fingerprint density at radius 3 is 2.57 bits per heavy atom. The third-order valence-corrected chi connectivity index (χ3v) is 7.06. The summed E-state index contributed by atoms with van der Waals surface area (Å²) in [6, 6.07) is 1.98. The van der Waals surface area contributed by atoms with Crippen molar-refractivity contribution in [2.75, 3.05) is 23.3 Å². The first-order chi connectivity index (χ1) is 9.89. The van der Waals surface area contributed by atoms with Crippen molar-refractivity contribution in [2.24, 2.45) is 5.41 Å². The molecule has 0 atom stereocenters. The van der Waals surface area contributed by atoms with Gasteiger partial charge in [-0.05, 0) is 24.7 Å².